The summed E-state index contributed by atoms with van der Waals surface area (Å²) in [5.74, 6) is 1.17. The summed E-state index contributed by atoms with van der Waals surface area (Å²) in [5.41, 5.74) is 3.19. The number of aromatic nitrogens is 1. The molecule has 1 aromatic heterocycles. The lowest BCUT2D eigenvalue weighted by Crippen LogP contribution is -2.38. The van der Waals surface area contributed by atoms with Gasteiger partial charge in [0.2, 0.25) is 5.91 Å². The van der Waals surface area contributed by atoms with Gasteiger partial charge in [-0.05, 0) is 42.7 Å². The van der Waals surface area contributed by atoms with E-state index in [1.54, 1.807) is 7.05 Å². The van der Waals surface area contributed by atoms with Crippen LogP contribution in [0, 0.1) is 5.92 Å². The molecule has 0 atom stereocenters. The van der Waals surface area contributed by atoms with Gasteiger partial charge in [-0.2, -0.15) is 0 Å². The van der Waals surface area contributed by atoms with Crippen LogP contribution in [-0.4, -0.2) is 35.4 Å². The number of guanidine groups is 1. The number of carbonyl (C=O) groups excluding carboxylic acids is 1. The Hall–Kier alpha value is -2.76. The fourth-order valence-corrected chi connectivity index (χ4v) is 3.22. The molecule has 1 aromatic carbocycles. The lowest BCUT2D eigenvalue weighted by Gasteiger charge is -2.24. The zero-order valence-electron chi connectivity index (χ0n) is 16.4. The average Bonchev–Trinajstić information content (AvgIpc) is 2.99. The molecule has 1 heterocycles. The Bertz CT molecular complexity index is 806. The second-order valence-electron chi connectivity index (χ2n) is 7.18. The molecule has 1 saturated carbocycles. The number of nitrogens with one attached hydrogen (secondary N) is 2. The first-order valence-electron chi connectivity index (χ1n) is 9.48. The van der Waals surface area contributed by atoms with Crippen molar-refractivity contribution in [3.8, 4) is 0 Å². The summed E-state index contributed by atoms with van der Waals surface area (Å²) in [6.07, 6.45) is 5.23. The molecule has 1 amide bonds. The minimum absolute atomic E-state index is 0.143. The predicted octanol–water partition coefficient (Wildman–Crippen LogP) is 2.97. The van der Waals surface area contributed by atoms with Crippen LogP contribution in [-0.2, 0) is 24.9 Å². The fourth-order valence-electron chi connectivity index (χ4n) is 3.22. The van der Waals surface area contributed by atoms with E-state index in [0.717, 1.165) is 43.0 Å². The number of nitrogens with zero attached hydrogens (tertiary/aromatic N) is 3. The van der Waals surface area contributed by atoms with Crippen LogP contribution in [0.3, 0.4) is 0 Å². The number of aliphatic imine (C=N–C) groups is 1. The molecule has 144 valence electrons. The van der Waals surface area contributed by atoms with Gasteiger partial charge in [0.1, 0.15) is 0 Å². The van der Waals surface area contributed by atoms with Crippen molar-refractivity contribution in [2.75, 3.05) is 19.4 Å². The van der Waals surface area contributed by atoms with Gasteiger partial charge >= 0.3 is 0 Å². The maximum absolute atomic E-state index is 12.1. The van der Waals surface area contributed by atoms with Gasteiger partial charge in [-0.25, -0.2) is 0 Å². The number of hydrogen-bond donors (Lipinski definition) is 2. The zero-order valence-corrected chi connectivity index (χ0v) is 16.4. The van der Waals surface area contributed by atoms with Crippen molar-refractivity contribution in [3.63, 3.8) is 0 Å². The summed E-state index contributed by atoms with van der Waals surface area (Å²) in [6, 6.07) is 12.1. The van der Waals surface area contributed by atoms with Crippen LogP contribution in [0.1, 0.15) is 30.5 Å². The predicted molar refractivity (Wildman–Crippen MR) is 109 cm³/mol. The molecule has 0 unspecified atom stereocenters. The Balaban J connectivity index is 1.55. The topological polar surface area (TPSA) is 61.7 Å². The lowest BCUT2D eigenvalue weighted by atomic mass is 9.85. The van der Waals surface area contributed by atoms with Crippen LogP contribution in [0.5, 0.6) is 0 Å². The maximum Gasteiger partial charge on any atom is 0.227 e. The Kier molecular flexibility index (Phi) is 6.16. The third-order valence-corrected chi connectivity index (χ3v) is 5.14. The Morgan fingerprint density at radius 1 is 1.30 bits per heavy atom. The molecule has 3 rings (SSSR count). The molecule has 0 saturated heterocycles. The quantitative estimate of drug-likeness (QED) is 0.609. The first-order chi connectivity index (χ1) is 13.1. The van der Waals surface area contributed by atoms with Crippen LogP contribution < -0.4 is 10.6 Å². The van der Waals surface area contributed by atoms with E-state index in [1.807, 2.05) is 44.6 Å². The van der Waals surface area contributed by atoms with Gasteiger partial charge < -0.3 is 20.1 Å². The lowest BCUT2D eigenvalue weighted by molar-refractivity contribution is -0.122. The van der Waals surface area contributed by atoms with E-state index in [0.29, 0.717) is 6.54 Å². The van der Waals surface area contributed by atoms with Crippen LogP contribution in [0.2, 0.25) is 0 Å². The number of rotatable bonds is 6. The van der Waals surface area contributed by atoms with E-state index >= 15 is 0 Å². The first-order valence-corrected chi connectivity index (χ1v) is 9.48. The van der Waals surface area contributed by atoms with Gasteiger partial charge in [0.25, 0.3) is 0 Å². The molecule has 1 fully saturated rings. The molecule has 6 heteroatoms. The smallest absolute Gasteiger partial charge is 0.227 e. The minimum Gasteiger partial charge on any atom is -0.353 e. The van der Waals surface area contributed by atoms with Crippen molar-refractivity contribution >= 4 is 17.6 Å². The summed E-state index contributed by atoms with van der Waals surface area (Å²) >= 11 is 0. The normalized spacial score (nSPS) is 14.6. The fraction of sp³-hybridized carbons (Fsp3) is 0.429. The number of carbonyl (C=O) groups is 1. The molecule has 0 radical (unpaired) electrons. The molecule has 27 heavy (non-hydrogen) atoms. The molecular formula is C21H29N5O. The molecule has 1 aliphatic carbocycles. The minimum atomic E-state index is 0.143. The van der Waals surface area contributed by atoms with Gasteiger partial charge in [0.05, 0.1) is 6.54 Å². The number of hydrogen-bond acceptors (Lipinski definition) is 2. The van der Waals surface area contributed by atoms with Gasteiger partial charge in [-0.1, -0.05) is 18.6 Å². The van der Waals surface area contributed by atoms with E-state index in [9.17, 15) is 4.79 Å². The number of anilines is 1. The van der Waals surface area contributed by atoms with Crippen molar-refractivity contribution < 1.29 is 4.79 Å². The first kappa shape index (κ1) is 19.0. The van der Waals surface area contributed by atoms with Crippen molar-refractivity contribution in [3.05, 3.63) is 53.9 Å². The second-order valence-corrected chi connectivity index (χ2v) is 7.18. The van der Waals surface area contributed by atoms with Crippen LogP contribution in [0.4, 0.5) is 5.69 Å². The van der Waals surface area contributed by atoms with E-state index in [2.05, 4.69) is 37.2 Å². The standard InChI is InChI=1S/C21H29N5O/c1-22-21(26(3)15-19-11-6-12-25(19)2)23-14-16-7-4-10-18(13-16)24-20(27)17-8-5-9-17/h4,6-7,10-13,17H,5,8-9,14-15H2,1-3H3,(H,22,23)(H,24,27). The monoisotopic (exact) mass is 367 g/mol. The molecule has 0 aliphatic heterocycles. The molecule has 0 spiro atoms. The Morgan fingerprint density at radius 3 is 2.74 bits per heavy atom. The third kappa shape index (κ3) is 4.90. The third-order valence-electron chi connectivity index (χ3n) is 5.14. The highest BCUT2D eigenvalue weighted by molar-refractivity contribution is 5.93. The largest absolute Gasteiger partial charge is 0.353 e. The van der Waals surface area contributed by atoms with E-state index in [-0.39, 0.29) is 11.8 Å². The zero-order chi connectivity index (χ0) is 19.2. The van der Waals surface area contributed by atoms with Crippen molar-refractivity contribution in [2.45, 2.75) is 32.4 Å². The van der Waals surface area contributed by atoms with Gasteiger partial charge in [-0.15, -0.1) is 0 Å². The molecule has 0 bridgehead atoms. The summed E-state index contributed by atoms with van der Waals surface area (Å²) < 4.78 is 2.11. The maximum atomic E-state index is 12.1. The molecule has 6 nitrogen and oxygen atoms in total. The van der Waals surface area contributed by atoms with Crippen LogP contribution in [0.15, 0.2) is 47.6 Å². The molecular weight excluding hydrogens is 338 g/mol. The summed E-state index contributed by atoms with van der Waals surface area (Å²) in [5, 5.41) is 6.43. The molecule has 2 N–H and O–H groups in total. The summed E-state index contributed by atoms with van der Waals surface area (Å²) in [4.78, 5) is 18.6. The Labute approximate surface area is 161 Å². The van der Waals surface area contributed by atoms with Crippen LogP contribution in [0.25, 0.3) is 0 Å². The van der Waals surface area contributed by atoms with Crippen molar-refractivity contribution in [1.29, 1.82) is 0 Å². The van der Waals surface area contributed by atoms with Gasteiger partial charge in [0.15, 0.2) is 5.96 Å². The van der Waals surface area contributed by atoms with E-state index < -0.39 is 0 Å². The second kappa shape index (κ2) is 8.75. The van der Waals surface area contributed by atoms with Gasteiger partial charge in [0, 0.05) is 51.2 Å². The van der Waals surface area contributed by atoms with Crippen molar-refractivity contribution in [1.82, 2.24) is 14.8 Å². The molecule has 1 aliphatic rings. The van der Waals surface area contributed by atoms with Crippen LogP contribution >= 0.6 is 0 Å². The summed E-state index contributed by atoms with van der Waals surface area (Å²) in [6.45, 7) is 1.43. The number of benzene rings is 1. The van der Waals surface area contributed by atoms with Gasteiger partial charge in [-0.3, -0.25) is 9.79 Å². The Morgan fingerprint density at radius 2 is 2.11 bits per heavy atom. The van der Waals surface area contributed by atoms with E-state index in [1.165, 1.54) is 5.69 Å². The summed E-state index contributed by atoms with van der Waals surface area (Å²) in [7, 11) is 5.86. The number of aryl methyl sites for hydroxylation is 1. The highest BCUT2D eigenvalue weighted by Gasteiger charge is 2.25. The average molecular weight is 367 g/mol. The highest BCUT2D eigenvalue weighted by atomic mass is 16.1. The van der Waals surface area contributed by atoms with Crippen molar-refractivity contribution in [2.24, 2.45) is 18.0 Å². The number of amides is 1. The highest BCUT2D eigenvalue weighted by Crippen LogP contribution is 2.27. The molecule has 2 aromatic rings. The SMILES string of the molecule is CN=C(NCc1cccc(NC(=O)C2CCC2)c1)N(C)Cc1cccn1C. The van der Waals surface area contributed by atoms with E-state index in [4.69, 9.17) is 0 Å².